The summed E-state index contributed by atoms with van der Waals surface area (Å²) in [5.41, 5.74) is 0. The van der Waals surface area contributed by atoms with Crippen LogP contribution in [0.2, 0.25) is 0 Å². The summed E-state index contributed by atoms with van der Waals surface area (Å²) < 4.78 is 50.1. The highest BCUT2D eigenvalue weighted by atomic mass is 32.3. The van der Waals surface area contributed by atoms with Gasteiger partial charge in [-0.2, -0.15) is 0 Å². The van der Waals surface area contributed by atoms with Crippen LogP contribution in [0, 0.1) is 0 Å². The highest BCUT2D eigenvalue weighted by Crippen LogP contribution is 2.24. The molecule has 0 heterocycles. The highest BCUT2D eigenvalue weighted by molar-refractivity contribution is 8.08. The van der Waals surface area contributed by atoms with Crippen molar-refractivity contribution in [1.82, 2.24) is 3.93 Å². The van der Waals surface area contributed by atoms with Gasteiger partial charge >= 0.3 is 0 Å². The Morgan fingerprint density at radius 2 is 1.20 bits per heavy atom. The number of nitrogens with zero attached hydrogens (tertiary/aromatic N) is 1. The minimum absolute atomic E-state index is 0.00186. The van der Waals surface area contributed by atoms with Gasteiger partial charge in [0.25, 0.3) is 10.0 Å². The first-order valence-electron chi connectivity index (χ1n) is 5.55. The maximum Gasteiger partial charge on any atom is 0.281 e. The Morgan fingerprint density at radius 3 is 1.65 bits per heavy atom. The first-order valence-corrected chi connectivity index (χ1v) is 8.68. The molecule has 2 rings (SSSR count). The fraction of sp³-hybridized carbons (Fsp3) is 0. The molecule has 0 aliphatic heterocycles. The molecule has 1 unspecified atom stereocenters. The zero-order valence-electron chi connectivity index (χ0n) is 10.3. The SMILES string of the molecule is C=S(=O)(c1ccccc1)N(F)S(=O)(=O)c1ccccc1. The quantitative estimate of drug-likeness (QED) is 0.642. The molecule has 0 spiro atoms. The Kier molecular flexibility index (Phi) is 3.94. The summed E-state index contributed by atoms with van der Waals surface area (Å²) >= 11 is 0. The molecule has 106 valence electrons. The largest absolute Gasteiger partial charge is 0.281 e. The van der Waals surface area contributed by atoms with Gasteiger partial charge in [0.2, 0.25) is 0 Å². The van der Waals surface area contributed by atoms with Crippen molar-refractivity contribution >= 4 is 25.6 Å². The Hall–Kier alpha value is -1.70. The number of hydrogen-bond donors (Lipinski definition) is 0. The number of rotatable bonds is 4. The molecule has 0 fully saturated rings. The second-order valence-corrected chi connectivity index (χ2v) is 8.00. The predicted octanol–water partition coefficient (Wildman–Crippen LogP) is 2.25. The Morgan fingerprint density at radius 1 is 0.800 bits per heavy atom. The van der Waals surface area contributed by atoms with E-state index in [1.165, 1.54) is 48.5 Å². The smallest absolute Gasteiger partial charge is 0.244 e. The van der Waals surface area contributed by atoms with Crippen LogP contribution in [-0.4, -0.2) is 22.4 Å². The molecule has 2 aromatic rings. The van der Waals surface area contributed by atoms with E-state index in [0.717, 1.165) is 0 Å². The molecule has 0 saturated carbocycles. The monoisotopic (exact) mass is 313 g/mol. The Bertz CT molecular complexity index is 719. The molecular formula is C13H12FNO3S2. The molecule has 0 amide bonds. The maximum absolute atomic E-state index is 14.2. The van der Waals surface area contributed by atoms with Gasteiger partial charge < -0.3 is 0 Å². The molecule has 0 bridgehead atoms. The maximum atomic E-state index is 14.2. The molecule has 1 atom stereocenters. The van der Waals surface area contributed by atoms with Crippen LogP contribution >= 0.6 is 0 Å². The van der Waals surface area contributed by atoms with Crippen molar-refractivity contribution in [1.29, 1.82) is 0 Å². The van der Waals surface area contributed by atoms with Crippen molar-refractivity contribution in [2.24, 2.45) is 0 Å². The van der Waals surface area contributed by atoms with E-state index in [1.807, 2.05) is 0 Å². The zero-order valence-corrected chi connectivity index (χ0v) is 12.0. The molecule has 2 aromatic carbocycles. The summed E-state index contributed by atoms with van der Waals surface area (Å²) in [7, 11) is -8.28. The summed E-state index contributed by atoms with van der Waals surface area (Å²) in [4.78, 5) is -0.281. The van der Waals surface area contributed by atoms with Crippen molar-refractivity contribution in [2.45, 2.75) is 9.79 Å². The van der Waals surface area contributed by atoms with E-state index in [-0.39, 0.29) is 9.79 Å². The average molecular weight is 313 g/mol. The van der Waals surface area contributed by atoms with Crippen LogP contribution < -0.4 is 0 Å². The lowest BCUT2D eigenvalue weighted by molar-refractivity contribution is 0.262. The molecule has 4 nitrogen and oxygen atoms in total. The van der Waals surface area contributed by atoms with Gasteiger partial charge in [0, 0.05) is 4.90 Å². The summed E-state index contributed by atoms with van der Waals surface area (Å²) in [5.74, 6) is 3.23. The number of benzene rings is 2. The Labute approximate surface area is 117 Å². The summed E-state index contributed by atoms with van der Waals surface area (Å²) in [5, 5.41) is 0. The van der Waals surface area contributed by atoms with Crippen LogP contribution in [0.3, 0.4) is 0 Å². The van der Waals surface area contributed by atoms with Crippen molar-refractivity contribution < 1.29 is 17.1 Å². The summed E-state index contributed by atoms with van der Waals surface area (Å²) in [6, 6.07) is 14.4. The van der Waals surface area contributed by atoms with E-state index in [1.54, 1.807) is 12.1 Å². The number of sulfonamides is 1. The molecule has 0 aromatic heterocycles. The standard InChI is InChI=1S/C13H12FNO3S2/c1-19(16,12-8-4-2-5-9-12)15(14)20(17,18)13-10-6-3-7-11-13/h2-11H,1H2. The molecule has 0 aliphatic carbocycles. The van der Waals surface area contributed by atoms with Crippen LogP contribution in [-0.2, 0) is 19.7 Å². The van der Waals surface area contributed by atoms with E-state index >= 15 is 0 Å². The van der Waals surface area contributed by atoms with Gasteiger partial charge in [-0.15, -0.1) is 4.48 Å². The molecule has 0 N–H and O–H groups in total. The van der Waals surface area contributed by atoms with Gasteiger partial charge in [0.05, 0.1) is 18.5 Å². The minimum atomic E-state index is -4.52. The third kappa shape index (κ3) is 2.60. The fourth-order valence-electron chi connectivity index (χ4n) is 1.55. The van der Waals surface area contributed by atoms with Gasteiger partial charge in [-0.3, -0.25) is 0 Å². The first-order chi connectivity index (χ1) is 9.37. The fourth-order valence-corrected chi connectivity index (χ4v) is 4.75. The van der Waals surface area contributed by atoms with Crippen molar-refractivity contribution in [3.05, 3.63) is 60.7 Å². The second kappa shape index (κ2) is 5.35. The molecule has 0 radical (unpaired) electrons. The lowest BCUT2D eigenvalue weighted by Gasteiger charge is -2.17. The van der Waals surface area contributed by atoms with E-state index in [0.29, 0.717) is 0 Å². The van der Waals surface area contributed by atoms with Gasteiger partial charge in [-0.05, 0) is 30.1 Å². The van der Waals surface area contributed by atoms with Gasteiger partial charge in [-0.1, -0.05) is 36.4 Å². The van der Waals surface area contributed by atoms with Crippen LogP contribution in [0.15, 0.2) is 70.5 Å². The molecule has 20 heavy (non-hydrogen) atoms. The molecular weight excluding hydrogens is 301 g/mol. The normalized spacial score (nSPS) is 14.9. The highest BCUT2D eigenvalue weighted by Gasteiger charge is 2.32. The second-order valence-electron chi connectivity index (χ2n) is 3.95. The van der Waals surface area contributed by atoms with Crippen molar-refractivity contribution in [3.63, 3.8) is 0 Å². The average Bonchev–Trinajstić information content (AvgIpc) is 2.48. The van der Waals surface area contributed by atoms with Crippen LogP contribution in [0.1, 0.15) is 0 Å². The summed E-state index contributed by atoms with van der Waals surface area (Å²) in [6.07, 6.45) is 0. The first kappa shape index (κ1) is 14.7. The van der Waals surface area contributed by atoms with E-state index in [9.17, 15) is 17.1 Å². The van der Waals surface area contributed by atoms with Gasteiger partial charge in [-0.25, -0.2) is 12.6 Å². The zero-order chi connectivity index (χ0) is 14.8. The van der Waals surface area contributed by atoms with Crippen molar-refractivity contribution in [2.75, 3.05) is 0 Å². The topological polar surface area (TPSA) is 54.5 Å². The summed E-state index contributed by atoms with van der Waals surface area (Å²) in [6.45, 7) is 0. The van der Waals surface area contributed by atoms with Crippen LogP contribution in [0.25, 0.3) is 0 Å². The van der Waals surface area contributed by atoms with Crippen LogP contribution in [0.4, 0.5) is 4.48 Å². The van der Waals surface area contributed by atoms with E-state index in [4.69, 9.17) is 0 Å². The number of hydrogen-bond acceptors (Lipinski definition) is 3. The van der Waals surface area contributed by atoms with Gasteiger partial charge in [0.1, 0.15) is 0 Å². The molecule has 0 aliphatic rings. The number of halogens is 1. The lowest BCUT2D eigenvalue weighted by Crippen LogP contribution is -2.29. The molecule has 7 heteroatoms. The van der Waals surface area contributed by atoms with Gasteiger partial charge in [0.15, 0.2) is 0 Å². The minimum Gasteiger partial charge on any atom is -0.244 e. The van der Waals surface area contributed by atoms with E-state index < -0.39 is 23.7 Å². The third-order valence-electron chi connectivity index (χ3n) is 2.57. The lowest BCUT2D eigenvalue weighted by atomic mass is 10.4. The third-order valence-corrected chi connectivity index (χ3v) is 6.60. The van der Waals surface area contributed by atoms with Crippen molar-refractivity contribution in [3.8, 4) is 0 Å². The van der Waals surface area contributed by atoms with E-state index in [2.05, 4.69) is 5.87 Å². The Balaban J connectivity index is 2.49. The van der Waals surface area contributed by atoms with Crippen LogP contribution in [0.5, 0.6) is 0 Å². The predicted molar refractivity (Wildman–Crippen MR) is 76.5 cm³/mol. The molecule has 0 saturated heterocycles.